The van der Waals surface area contributed by atoms with Gasteiger partial charge in [-0.1, -0.05) is 30.3 Å². The van der Waals surface area contributed by atoms with Crippen LogP contribution in [-0.4, -0.2) is 55.0 Å². The average molecular weight is 374 g/mol. The molecule has 0 unspecified atom stereocenters. The summed E-state index contributed by atoms with van der Waals surface area (Å²) in [6, 6.07) is 11.0. The summed E-state index contributed by atoms with van der Waals surface area (Å²) in [6.45, 7) is 10.7. The van der Waals surface area contributed by atoms with E-state index in [-0.39, 0.29) is 5.91 Å². The van der Waals surface area contributed by atoms with Gasteiger partial charge >= 0.3 is 0 Å². The van der Waals surface area contributed by atoms with Gasteiger partial charge in [0.1, 0.15) is 0 Å². The van der Waals surface area contributed by atoms with Crippen LogP contribution in [0.3, 0.4) is 0 Å². The third-order valence-electron chi connectivity index (χ3n) is 4.89. The molecule has 1 aliphatic rings. The maximum atomic E-state index is 12.0. The van der Waals surface area contributed by atoms with E-state index < -0.39 is 0 Å². The van der Waals surface area contributed by atoms with Gasteiger partial charge in [-0.3, -0.25) is 9.79 Å². The summed E-state index contributed by atoms with van der Waals surface area (Å²) in [4.78, 5) is 19.1. The van der Waals surface area contributed by atoms with Gasteiger partial charge in [0.25, 0.3) is 0 Å². The molecular formula is C21H35N5O. The second-order valence-electron chi connectivity index (χ2n) is 7.32. The van der Waals surface area contributed by atoms with Crippen LogP contribution in [0.5, 0.6) is 0 Å². The summed E-state index contributed by atoms with van der Waals surface area (Å²) in [7, 11) is 0. The zero-order chi connectivity index (χ0) is 19.5. The maximum absolute atomic E-state index is 12.0. The van der Waals surface area contributed by atoms with Crippen molar-refractivity contribution >= 4 is 11.9 Å². The van der Waals surface area contributed by atoms with Crippen molar-refractivity contribution in [3.05, 3.63) is 35.9 Å². The van der Waals surface area contributed by atoms with Crippen molar-refractivity contribution in [1.82, 2.24) is 20.9 Å². The molecule has 0 spiro atoms. The lowest BCUT2D eigenvalue weighted by molar-refractivity contribution is -0.121. The number of amides is 1. The zero-order valence-corrected chi connectivity index (χ0v) is 17.0. The number of nitrogens with one attached hydrogen (secondary N) is 3. The average Bonchev–Trinajstić information content (AvgIpc) is 2.68. The number of hydrogen-bond donors (Lipinski definition) is 3. The lowest BCUT2D eigenvalue weighted by Gasteiger charge is -2.35. The van der Waals surface area contributed by atoms with Crippen LogP contribution in [0, 0.1) is 0 Å². The highest BCUT2D eigenvalue weighted by molar-refractivity contribution is 5.81. The Labute approximate surface area is 163 Å². The summed E-state index contributed by atoms with van der Waals surface area (Å²) in [5.74, 6) is 0.847. The first-order valence-corrected chi connectivity index (χ1v) is 10.2. The van der Waals surface area contributed by atoms with Crippen LogP contribution in [0.15, 0.2) is 35.3 Å². The Morgan fingerprint density at radius 2 is 1.89 bits per heavy atom. The number of aliphatic imine (C=N–C) groups is 1. The molecule has 1 heterocycles. The Morgan fingerprint density at radius 1 is 1.19 bits per heavy atom. The van der Waals surface area contributed by atoms with E-state index in [1.807, 2.05) is 30.3 Å². The van der Waals surface area contributed by atoms with E-state index in [0.29, 0.717) is 31.6 Å². The van der Waals surface area contributed by atoms with Gasteiger partial charge in [0.05, 0.1) is 6.54 Å². The number of benzene rings is 1. The molecule has 3 N–H and O–H groups in total. The highest BCUT2D eigenvalue weighted by Crippen LogP contribution is 2.12. The fourth-order valence-electron chi connectivity index (χ4n) is 3.23. The largest absolute Gasteiger partial charge is 0.357 e. The number of nitrogens with zero attached hydrogens (tertiary/aromatic N) is 2. The molecule has 1 aromatic rings. The van der Waals surface area contributed by atoms with Gasteiger partial charge < -0.3 is 20.9 Å². The van der Waals surface area contributed by atoms with Crippen molar-refractivity contribution in [2.24, 2.45) is 4.99 Å². The standard InChI is InChI=1S/C21H35N5O/c1-4-22-21(25-19-11-14-26(15-12-19)17(2)3)23-13-10-20(27)24-16-18-8-6-5-7-9-18/h5-9,17,19H,4,10-16H2,1-3H3,(H,24,27)(H2,22,23,25). The Balaban J connectivity index is 1.72. The lowest BCUT2D eigenvalue weighted by Crippen LogP contribution is -2.49. The third kappa shape index (κ3) is 7.99. The van der Waals surface area contributed by atoms with Gasteiger partial charge in [-0.15, -0.1) is 0 Å². The van der Waals surface area contributed by atoms with E-state index in [0.717, 1.165) is 44.0 Å². The van der Waals surface area contributed by atoms with E-state index in [4.69, 9.17) is 0 Å². The van der Waals surface area contributed by atoms with E-state index in [2.05, 4.69) is 46.6 Å². The van der Waals surface area contributed by atoms with Crippen LogP contribution < -0.4 is 16.0 Å². The minimum atomic E-state index is 0.0312. The van der Waals surface area contributed by atoms with Crippen LogP contribution in [0.4, 0.5) is 0 Å². The molecule has 0 saturated carbocycles. The van der Waals surface area contributed by atoms with Crippen LogP contribution in [-0.2, 0) is 11.3 Å². The topological polar surface area (TPSA) is 68.8 Å². The first kappa shape index (κ1) is 21.2. The van der Waals surface area contributed by atoms with Gasteiger partial charge in [-0.25, -0.2) is 0 Å². The highest BCUT2D eigenvalue weighted by atomic mass is 16.1. The first-order chi connectivity index (χ1) is 13.1. The number of guanidine groups is 1. The number of hydrogen-bond acceptors (Lipinski definition) is 3. The quantitative estimate of drug-likeness (QED) is 0.482. The number of piperidine rings is 1. The SMILES string of the molecule is CCNC(=NCCC(=O)NCc1ccccc1)NC1CCN(C(C)C)CC1. The van der Waals surface area contributed by atoms with E-state index in [1.54, 1.807) is 0 Å². The van der Waals surface area contributed by atoms with Crippen molar-refractivity contribution in [1.29, 1.82) is 0 Å². The molecule has 1 aliphatic heterocycles. The minimum absolute atomic E-state index is 0.0312. The van der Waals surface area contributed by atoms with Crippen molar-refractivity contribution in [2.45, 2.75) is 58.7 Å². The Kier molecular flexibility index (Phi) is 9.11. The predicted octanol–water partition coefficient (Wildman–Crippen LogP) is 2.12. The molecule has 1 aromatic carbocycles. The summed E-state index contributed by atoms with van der Waals surface area (Å²) in [6.07, 6.45) is 2.65. The Hall–Kier alpha value is -2.08. The van der Waals surface area contributed by atoms with Crippen molar-refractivity contribution in [2.75, 3.05) is 26.2 Å². The minimum Gasteiger partial charge on any atom is -0.357 e. The molecule has 6 nitrogen and oxygen atoms in total. The van der Waals surface area contributed by atoms with Gasteiger partial charge in [0, 0.05) is 44.7 Å². The van der Waals surface area contributed by atoms with Crippen LogP contribution in [0.25, 0.3) is 0 Å². The maximum Gasteiger partial charge on any atom is 0.222 e. The molecule has 0 aliphatic carbocycles. The molecule has 1 fully saturated rings. The van der Waals surface area contributed by atoms with Crippen molar-refractivity contribution in [3.8, 4) is 0 Å². The van der Waals surface area contributed by atoms with E-state index in [1.165, 1.54) is 0 Å². The molecule has 0 aromatic heterocycles. The fraction of sp³-hybridized carbons (Fsp3) is 0.619. The summed E-state index contributed by atoms with van der Waals surface area (Å²) in [5.41, 5.74) is 1.11. The number of likely N-dealkylation sites (tertiary alicyclic amines) is 1. The molecule has 1 saturated heterocycles. The summed E-state index contributed by atoms with van der Waals surface area (Å²) in [5, 5.41) is 9.76. The number of rotatable bonds is 8. The van der Waals surface area contributed by atoms with Crippen molar-refractivity contribution < 1.29 is 4.79 Å². The Bertz CT molecular complexity index is 579. The molecule has 1 amide bonds. The van der Waals surface area contributed by atoms with Gasteiger partial charge in [0.2, 0.25) is 5.91 Å². The molecule has 0 bridgehead atoms. The normalized spacial score (nSPS) is 16.4. The molecule has 27 heavy (non-hydrogen) atoms. The molecular weight excluding hydrogens is 338 g/mol. The monoisotopic (exact) mass is 373 g/mol. The highest BCUT2D eigenvalue weighted by Gasteiger charge is 2.21. The van der Waals surface area contributed by atoms with Gasteiger partial charge in [-0.2, -0.15) is 0 Å². The van der Waals surface area contributed by atoms with Gasteiger partial charge in [0.15, 0.2) is 5.96 Å². The van der Waals surface area contributed by atoms with Crippen LogP contribution >= 0.6 is 0 Å². The summed E-state index contributed by atoms with van der Waals surface area (Å²) < 4.78 is 0. The third-order valence-corrected chi connectivity index (χ3v) is 4.89. The molecule has 6 heteroatoms. The number of carbonyl (C=O) groups excluding carboxylic acids is 1. The van der Waals surface area contributed by atoms with Crippen LogP contribution in [0.2, 0.25) is 0 Å². The van der Waals surface area contributed by atoms with E-state index >= 15 is 0 Å². The second kappa shape index (κ2) is 11.6. The molecule has 0 atom stereocenters. The smallest absolute Gasteiger partial charge is 0.222 e. The lowest BCUT2D eigenvalue weighted by atomic mass is 10.0. The zero-order valence-electron chi connectivity index (χ0n) is 17.0. The fourth-order valence-corrected chi connectivity index (χ4v) is 3.23. The van der Waals surface area contributed by atoms with E-state index in [9.17, 15) is 4.79 Å². The number of carbonyl (C=O) groups is 1. The van der Waals surface area contributed by atoms with Gasteiger partial charge in [-0.05, 0) is 39.2 Å². The van der Waals surface area contributed by atoms with Crippen molar-refractivity contribution in [3.63, 3.8) is 0 Å². The molecule has 0 radical (unpaired) electrons. The van der Waals surface area contributed by atoms with Crippen LogP contribution in [0.1, 0.15) is 45.6 Å². The second-order valence-corrected chi connectivity index (χ2v) is 7.32. The molecule has 2 rings (SSSR count). The summed E-state index contributed by atoms with van der Waals surface area (Å²) >= 11 is 0. The predicted molar refractivity (Wildman–Crippen MR) is 112 cm³/mol. The Morgan fingerprint density at radius 3 is 2.52 bits per heavy atom. The molecule has 150 valence electrons. The first-order valence-electron chi connectivity index (χ1n) is 10.2.